The number of likely N-dealkylation sites (tertiary alicyclic amines) is 1. The Morgan fingerprint density at radius 2 is 1.66 bits per heavy atom. The van der Waals surface area contributed by atoms with Crippen LogP contribution in [0.1, 0.15) is 48.0 Å². The summed E-state index contributed by atoms with van der Waals surface area (Å²) in [5, 5.41) is 16.6. The zero-order valence-electron chi connectivity index (χ0n) is 20.7. The van der Waals surface area contributed by atoms with Crippen molar-refractivity contribution in [1.29, 1.82) is 0 Å². The highest BCUT2D eigenvalue weighted by atomic mass is 35.5. The molecule has 1 unspecified atom stereocenters. The van der Waals surface area contributed by atoms with Crippen molar-refractivity contribution < 1.29 is 27.9 Å². The number of hydrogen-bond donors (Lipinski definition) is 3. The van der Waals surface area contributed by atoms with Gasteiger partial charge in [0.05, 0.1) is 10.6 Å². The highest BCUT2D eigenvalue weighted by Gasteiger charge is 2.62. The van der Waals surface area contributed by atoms with Crippen LogP contribution in [0.2, 0.25) is 15.1 Å². The third-order valence-corrected chi connectivity index (χ3v) is 7.46. The molecular weight excluding hydrogens is 566 g/mol. The van der Waals surface area contributed by atoms with Crippen molar-refractivity contribution in [2.24, 2.45) is 5.92 Å². The first-order valence-electron chi connectivity index (χ1n) is 12.2. The molecule has 208 valence electrons. The number of carbonyl (C=O) groups excluding carboxylic acids is 2. The molecule has 0 radical (unpaired) electrons. The summed E-state index contributed by atoms with van der Waals surface area (Å²) in [4.78, 5) is 25.7. The first-order valence-corrected chi connectivity index (χ1v) is 13.3. The summed E-state index contributed by atoms with van der Waals surface area (Å²) in [5.74, 6) is -1.42. The standard InChI is InChI=1S/C26H29Cl3F3N3O3/c1-33-23(36)21-6-5-20(15-22(21)29)34-9-3-2-4-16-7-10-35(11-8-16)24(37)25(38,26(30,31)32)17-12-18(27)14-19(28)13-17/h5-6,12-16,34,38H,2-4,7-11H2,1H3,(H,33,36). The summed E-state index contributed by atoms with van der Waals surface area (Å²) < 4.78 is 41.9. The molecule has 3 rings (SSSR count). The lowest BCUT2D eigenvalue weighted by atomic mass is 9.88. The summed E-state index contributed by atoms with van der Waals surface area (Å²) >= 11 is 17.8. The Morgan fingerprint density at radius 3 is 2.21 bits per heavy atom. The number of piperidine rings is 1. The van der Waals surface area contributed by atoms with Crippen LogP contribution in [0.25, 0.3) is 0 Å². The lowest BCUT2D eigenvalue weighted by molar-refractivity contribution is -0.262. The molecule has 2 amide bonds. The second kappa shape index (κ2) is 12.8. The van der Waals surface area contributed by atoms with Crippen molar-refractivity contribution in [2.75, 3.05) is 32.0 Å². The monoisotopic (exact) mass is 593 g/mol. The molecule has 1 atom stereocenters. The lowest BCUT2D eigenvalue weighted by Gasteiger charge is -2.38. The Balaban J connectivity index is 1.48. The van der Waals surface area contributed by atoms with Gasteiger partial charge in [0.1, 0.15) is 0 Å². The van der Waals surface area contributed by atoms with E-state index < -0.39 is 23.2 Å². The number of amides is 2. The number of benzene rings is 2. The van der Waals surface area contributed by atoms with E-state index in [1.807, 2.05) is 0 Å². The molecule has 1 saturated heterocycles. The fourth-order valence-electron chi connectivity index (χ4n) is 4.56. The molecule has 0 bridgehead atoms. The van der Waals surface area contributed by atoms with Crippen molar-refractivity contribution in [3.8, 4) is 0 Å². The summed E-state index contributed by atoms with van der Waals surface area (Å²) in [6.07, 6.45) is -1.55. The SMILES string of the molecule is CNC(=O)c1ccc(NCCCCC2CCN(C(=O)C(O)(c3cc(Cl)cc(Cl)c3)C(F)(F)F)CC2)cc1Cl. The molecule has 12 heteroatoms. The van der Waals surface area contributed by atoms with E-state index in [9.17, 15) is 27.9 Å². The van der Waals surface area contributed by atoms with E-state index in [-0.39, 0.29) is 35.0 Å². The Hall–Kier alpha value is -2.20. The van der Waals surface area contributed by atoms with Crippen LogP contribution in [0, 0.1) is 5.92 Å². The van der Waals surface area contributed by atoms with Crippen LogP contribution in [-0.2, 0) is 10.4 Å². The van der Waals surface area contributed by atoms with Crippen LogP contribution < -0.4 is 10.6 Å². The molecule has 1 aliphatic heterocycles. The number of hydrogen-bond acceptors (Lipinski definition) is 4. The predicted octanol–water partition coefficient (Wildman–Crippen LogP) is 6.28. The van der Waals surface area contributed by atoms with Crippen LogP contribution in [0.3, 0.4) is 0 Å². The maximum absolute atomic E-state index is 14.0. The molecule has 1 heterocycles. The van der Waals surface area contributed by atoms with Crippen molar-refractivity contribution in [2.45, 2.75) is 43.9 Å². The Morgan fingerprint density at radius 1 is 1.03 bits per heavy atom. The van der Waals surface area contributed by atoms with Gasteiger partial charge in [0.15, 0.2) is 0 Å². The number of unbranched alkanes of at least 4 members (excludes halogenated alkanes) is 1. The zero-order chi connectivity index (χ0) is 28.1. The van der Waals surface area contributed by atoms with Crippen molar-refractivity contribution >= 4 is 52.3 Å². The number of alkyl halides is 3. The topological polar surface area (TPSA) is 81.7 Å². The van der Waals surface area contributed by atoms with Gasteiger partial charge in [0.25, 0.3) is 17.4 Å². The number of nitrogens with zero attached hydrogens (tertiary/aromatic N) is 1. The summed E-state index contributed by atoms with van der Waals surface area (Å²) in [6, 6.07) is 8.17. The zero-order valence-corrected chi connectivity index (χ0v) is 22.9. The Labute approximate surface area is 234 Å². The average Bonchev–Trinajstić information content (AvgIpc) is 2.86. The number of rotatable bonds is 9. The quantitative estimate of drug-likeness (QED) is 0.299. The average molecular weight is 595 g/mol. The largest absolute Gasteiger partial charge is 0.430 e. The van der Waals surface area contributed by atoms with Gasteiger partial charge in [0.2, 0.25) is 0 Å². The van der Waals surface area contributed by atoms with Crippen LogP contribution in [0.5, 0.6) is 0 Å². The fourth-order valence-corrected chi connectivity index (χ4v) is 5.35. The van der Waals surface area contributed by atoms with Gasteiger partial charge in [-0.1, -0.05) is 47.6 Å². The maximum Gasteiger partial charge on any atom is 0.430 e. The minimum absolute atomic E-state index is 0.111. The second-order valence-electron chi connectivity index (χ2n) is 9.30. The summed E-state index contributed by atoms with van der Waals surface area (Å²) in [6.45, 7) is 0.920. The van der Waals surface area contributed by atoms with Gasteiger partial charge in [0, 0.05) is 48.0 Å². The molecular formula is C26H29Cl3F3N3O3. The van der Waals surface area contributed by atoms with Gasteiger partial charge in [-0.3, -0.25) is 9.59 Å². The molecule has 1 aliphatic rings. The highest BCUT2D eigenvalue weighted by molar-refractivity contribution is 6.35. The molecule has 0 saturated carbocycles. The number of nitrogens with one attached hydrogen (secondary N) is 2. The minimum atomic E-state index is -5.26. The van der Waals surface area contributed by atoms with Crippen LogP contribution in [0.4, 0.5) is 18.9 Å². The minimum Gasteiger partial charge on any atom is -0.385 e. The third-order valence-electron chi connectivity index (χ3n) is 6.71. The highest BCUT2D eigenvalue weighted by Crippen LogP contribution is 2.43. The van der Waals surface area contributed by atoms with Gasteiger partial charge in [-0.25, -0.2) is 0 Å². The van der Waals surface area contributed by atoms with Gasteiger partial charge in [-0.05, 0) is 61.6 Å². The smallest absolute Gasteiger partial charge is 0.385 e. The predicted molar refractivity (Wildman–Crippen MR) is 143 cm³/mol. The van der Waals surface area contributed by atoms with Crippen LogP contribution in [-0.4, -0.2) is 54.7 Å². The molecule has 0 aliphatic carbocycles. The summed E-state index contributed by atoms with van der Waals surface area (Å²) in [5.41, 5.74) is -3.24. The van der Waals surface area contributed by atoms with Crippen LogP contribution >= 0.6 is 34.8 Å². The first kappa shape index (κ1) is 30.3. The van der Waals surface area contributed by atoms with Gasteiger partial charge in [-0.2, -0.15) is 13.2 Å². The number of anilines is 1. The molecule has 1 fully saturated rings. The molecule has 2 aromatic carbocycles. The maximum atomic E-state index is 14.0. The van der Waals surface area contributed by atoms with E-state index in [4.69, 9.17) is 34.8 Å². The third kappa shape index (κ3) is 7.05. The second-order valence-corrected chi connectivity index (χ2v) is 10.6. The number of carbonyl (C=O) groups is 2. The van der Waals surface area contributed by atoms with Crippen molar-refractivity contribution in [1.82, 2.24) is 10.2 Å². The molecule has 3 N–H and O–H groups in total. The van der Waals surface area contributed by atoms with Gasteiger partial charge < -0.3 is 20.6 Å². The van der Waals surface area contributed by atoms with E-state index >= 15 is 0 Å². The van der Waals surface area contributed by atoms with Crippen molar-refractivity contribution in [3.63, 3.8) is 0 Å². The number of halogens is 6. The fraction of sp³-hybridized carbons (Fsp3) is 0.462. The number of aliphatic hydroxyl groups is 1. The molecule has 2 aromatic rings. The van der Waals surface area contributed by atoms with Gasteiger partial charge >= 0.3 is 6.18 Å². The van der Waals surface area contributed by atoms with E-state index in [0.717, 1.165) is 42.0 Å². The Kier molecular flexibility index (Phi) is 10.2. The van der Waals surface area contributed by atoms with Crippen LogP contribution in [0.15, 0.2) is 36.4 Å². The van der Waals surface area contributed by atoms with E-state index in [0.29, 0.717) is 30.0 Å². The van der Waals surface area contributed by atoms with E-state index in [2.05, 4.69) is 10.6 Å². The van der Waals surface area contributed by atoms with Gasteiger partial charge in [-0.15, -0.1) is 0 Å². The Bertz CT molecular complexity index is 1140. The molecule has 38 heavy (non-hydrogen) atoms. The normalized spacial score (nSPS) is 16.2. The van der Waals surface area contributed by atoms with Crippen molar-refractivity contribution in [3.05, 3.63) is 62.6 Å². The first-order chi connectivity index (χ1) is 17.9. The van der Waals surface area contributed by atoms with E-state index in [1.54, 1.807) is 18.2 Å². The lowest BCUT2D eigenvalue weighted by Crippen LogP contribution is -2.57. The molecule has 0 aromatic heterocycles. The molecule has 6 nitrogen and oxygen atoms in total. The summed E-state index contributed by atoms with van der Waals surface area (Å²) in [7, 11) is 1.53. The molecule has 0 spiro atoms. The van der Waals surface area contributed by atoms with E-state index in [1.165, 1.54) is 13.1 Å².